The van der Waals surface area contributed by atoms with Gasteiger partial charge in [-0.3, -0.25) is 4.79 Å². The summed E-state index contributed by atoms with van der Waals surface area (Å²) in [6.45, 7) is 1.20. The predicted octanol–water partition coefficient (Wildman–Crippen LogP) is 2.76. The molecule has 2 aromatic carbocycles. The molecule has 0 saturated carbocycles. The Kier molecular flexibility index (Phi) is 6.12. The molecule has 0 aliphatic rings. The lowest BCUT2D eigenvalue weighted by molar-refractivity contribution is -0.121. The first kappa shape index (κ1) is 19.8. The van der Waals surface area contributed by atoms with Crippen molar-refractivity contribution in [2.75, 3.05) is 6.54 Å². The number of tetrazole rings is 1. The SMILES string of the molecule is Cn1c(CCCNC(=O)CCCn2nnc(-c3ccccc3)n2)nc2ccccc21. The van der Waals surface area contributed by atoms with Crippen LogP contribution in [0, 0.1) is 0 Å². The highest BCUT2D eigenvalue weighted by molar-refractivity contribution is 5.76. The van der Waals surface area contributed by atoms with E-state index in [0.29, 0.717) is 31.8 Å². The van der Waals surface area contributed by atoms with Crippen LogP contribution in [0.3, 0.4) is 0 Å². The summed E-state index contributed by atoms with van der Waals surface area (Å²) in [7, 11) is 2.03. The van der Waals surface area contributed by atoms with Gasteiger partial charge in [0, 0.05) is 32.0 Å². The standard InChI is InChI=1S/C22H25N7O/c1-28-19-12-6-5-11-18(19)24-20(28)13-7-15-23-21(30)14-8-16-29-26-22(25-27-29)17-9-3-2-4-10-17/h2-6,9-12H,7-8,13-16H2,1H3,(H,23,30). The number of carbonyl (C=O) groups is 1. The van der Waals surface area contributed by atoms with E-state index >= 15 is 0 Å². The monoisotopic (exact) mass is 403 g/mol. The first-order valence-corrected chi connectivity index (χ1v) is 10.2. The number of nitrogens with one attached hydrogen (secondary N) is 1. The van der Waals surface area contributed by atoms with Gasteiger partial charge in [-0.05, 0) is 30.2 Å². The molecular weight excluding hydrogens is 378 g/mol. The van der Waals surface area contributed by atoms with E-state index in [1.54, 1.807) is 4.80 Å². The number of rotatable bonds is 9. The molecule has 0 atom stereocenters. The fraction of sp³-hybridized carbons (Fsp3) is 0.318. The molecule has 0 bridgehead atoms. The molecule has 0 spiro atoms. The summed E-state index contributed by atoms with van der Waals surface area (Å²) in [4.78, 5) is 18.3. The number of amides is 1. The van der Waals surface area contributed by atoms with Gasteiger partial charge in [0.15, 0.2) is 0 Å². The van der Waals surface area contributed by atoms with E-state index in [0.717, 1.165) is 35.3 Å². The predicted molar refractivity (Wildman–Crippen MR) is 115 cm³/mol. The van der Waals surface area contributed by atoms with Crippen molar-refractivity contribution >= 4 is 16.9 Å². The number of para-hydroxylation sites is 2. The minimum absolute atomic E-state index is 0.0448. The Bertz CT molecular complexity index is 1120. The van der Waals surface area contributed by atoms with Crippen LogP contribution in [0.2, 0.25) is 0 Å². The summed E-state index contributed by atoms with van der Waals surface area (Å²) in [6, 6.07) is 17.8. The van der Waals surface area contributed by atoms with Gasteiger partial charge in [0.1, 0.15) is 5.82 Å². The van der Waals surface area contributed by atoms with E-state index < -0.39 is 0 Å². The average molecular weight is 403 g/mol. The molecule has 0 aliphatic heterocycles. The maximum absolute atomic E-state index is 12.1. The number of carbonyl (C=O) groups excluding carboxylic acids is 1. The Morgan fingerprint density at radius 2 is 1.83 bits per heavy atom. The number of hydrogen-bond donors (Lipinski definition) is 1. The largest absolute Gasteiger partial charge is 0.356 e. The van der Waals surface area contributed by atoms with E-state index in [2.05, 4.69) is 36.3 Å². The van der Waals surface area contributed by atoms with Gasteiger partial charge in [0.2, 0.25) is 11.7 Å². The molecule has 8 nitrogen and oxygen atoms in total. The first-order valence-electron chi connectivity index (χ1n) is 10.2. The van der Waals surface area contributed by atoms with Crippen molar-refractivity contribution in [3.8, 4) is 11.4 Å². The summed E-state index contributed by atoms with van der Waals surface area (Å²) < 4.78 is 2.12. The van der Waals surface area contributed by atoms with Gasteiger partial charge >= 0.3 is 0 Å². The molecule has 30 heavy (non-hydrogen) atoms. The number of nitrogens with zero attached hydrogens (tertiary/aromatic N) is 6. The third-order valence-corrected chi connectivity index (χ3v) is 5.03. The number of fused-ring (bicyclic) bond motifs is 1. The zero-order valence-corrected chi connectivity index (χ0v) is 17.0. The molecule has 0 unspecified atom stereocenters. The molecule has 0 saturated heterocycles. The molecule has 0 radical (unpaired) electrons. The summed E-state index contributed by atoms with van der Waals surface area (Å²) in [5, 5.41) is 15.5. The molecule has 4 rings (SSSR count). The van der Waals surface area contributed by atoms with Crippen molar-refractivity contribution in [1.82, 2.24) is 35.1 Å². The van der Waals surface area contributed by atoms with Gasteiger partial charge in [-0.1, -0.05) is 42.5 Å². The zero-order chi connectivity index (χ0) is 20.8. The van der Waals surface area contributed by atoms with E-state index in [1.807, 2.05) is 55.6 Å². The average Bonchev–Trinajstić information content (AvgIpc) is 3.37. The molecule has 154 valence electrons. The van der Waals surface area contributed by atoms with Gasteiger partial charge in [0.05, 0.1) is 17.6 Å². The van der Waals surface area contributed by atoms with Gasteiger partial charge in [0.25, 0.3) is 0 Å². The zero-order valence-electron chi connectivity index (χ0n) is 17.0. The van der Waals surface area contributed by atoms with Crippen LogP contribution < -0.4 is 5.32 Å². The number of benzene rings is 2. The minimum Gasteiger partial charge on any atom is -0.356 e. The Morgan fingerprint density at radius 3 is 2.67 bits per heavy atom. The van der Waals surface area contributed by atoms with E-state index in [-0.39, 0.29) is 5.91 Å². The fourth-order valence-corrected chi connectivity index (χ4v) is 3.40. The first-order chi connectivity index (χ1) is 14.7. The fourth-order valence-electron chi connectivity index (χ4n) is 3.40. The topological polar surface area (TPSA) is 90.5 Å². The van der Waals surface area contributed by atoms with Crippen LogP contribution in [0.4, 0.5) is 0 Å². The number of hydrogen-bond acceptors (Lipinski definition) is 5. The van der Waals surface area contributed by atoms with Crippen LogP contribution in [0.5, 0.6) is 0 Å². The number of imidazole rings is 1. The molecule has 0 aliphatic carbocycles. The van der Waals surface area contributed by atoms with Crippen LogP contribution in [0.1, 0.15) is 25.1 Å². The Morgan fingerprint density at radius 1 is 1.03 bits per heavy atom. The van der Waals surface area contributed by atoms with Crippen LogP contribution in [-0.2, 0) is 24.8 Å². The second-order valence-corrected chi connectivity index (χ2v) is 7.21. The van der Waals surface area contributed by atoms with E-state index in [4.69, 9.17) is 0 Å². The Labute approximate surface area is 174 Å². The summed E-state index contributed by atoms with van der Waals surface area (Å²) in [5.41, 5.74) is 3.08. The molecule has 0 fully saturated rings. The van der Waals surface area contributed by atoms with Crippen LogP contribution >= 0.6 is 0 Å². The summed E-state index contributed by atoms with van der Waals surface area (Å²) >= 11 is 0. The molecule has 4 aromatic rings. The van der Waals surface area contributed by atoms with Gasteiger partial charge < -0.3 is 9.88 Å². The smallest absolute Gasteiger partial charge is 0.220 e. The lowest BCUT2D eigenvalue weighted by Crippen LogP contribution is -2.25. The van der Waals surface area contributed by atoms with E-state index in [1.165, 1.54) is 0 Å². The second-order valence-electron chi connectivity index (χ2n) is 7.21. The van der Waals surface area contributed by atoms with E-state index in [9.17, 15) is 4.79 Å². The number of aryl methyl sites for hydroxylation is 3. The maximum atomic E-state index is 12.1. The van der Waals surface area contributed by atoms with Crippen molar-refractivity contribution in [3.05, 3.63) is 60.4 Å². The van der Waals surface area contributed by atoms with Crippen molar-refractivity contribution in [2.24, 2.45) is 7.05 Å². The molecule has 1 amide bonds. The quantitative estimate of drug-likeness (QED) is 0.434. The second kappa shape index (κ2) is 9.30. The number of aromatic nitrogens is 6. The molecule has 2 aromatic heterocycles. The third kappa shape index (κ3) is 4.71. The summed E-state index contributed by atoms with van der Waals surface area (Å²) in [6.07, 6.45) is 2.79. The highest BCUT2D eigenvalue weighted by Crippen LogP contribution is 2.15. The Hall–Kier alpha value is -3.55. The van der Waals surface area contributed by atoms with Crippen LogP contribution in [-0.4, -0.2) is 42.2 Å². The minimum atomic E-state index is 0.0448. The van der Waals surface area contributed by atoms with Crippen LogP contribution in [0.25, 0.3) is 22.4 Å². The van der Waals surface area contributed by atoms with Crippen molar-refractivity contribution in [2.45, 2.75) is 32.2 Å². The molecule has 8 heteroatoms. The highest BCUT2D eigenvalue weighted by Gasteiger charge is 2.08. The van der Waals surface area contributed by atoms with Crippen molar-refractivity contribution in [3.63, 3.8) is 0 Å². The highest BCUT2D eigenvalue weighted by atomic mass is 16.1. The van der Waals surface area contributed by atoms with Crippen molar-refractivity contribution in [1.29, 1.82) is 0 Å². The van der Waals surface area contributed by atoms with Crippen LogP contribution in [0.15, 0.2) is 54.6 Å². The maximum Gasteiger partial charge on any atom is 0.220 e. The van der Waals surface area contributed by atoms with Crippen molar-refractivity contribution < 1.29 is 4.79 Å². The third-order valence-electron chi connectivity index (χ3n) is 5.03. The van der Waals surface area contributed by atoms with Gasteiger partial charge in [-0.25, -0.2) is 4.98 Å². The Balaban J connectivity index is 1.16. The lowest BCUT2D eigenvalue weighted by Gasteiger charge is -2.05. The molecule has 1 N–H and O–H groups in total. The lowest BCUT2D eigenvalue weighted by atomic mass is 10.2. The summed E-state index contributed by atoms with van der Waals surface area (Å²) in [5.74, 6) is 1.68. The normalized spacial score (nSPS) is 11.1. The van der Waals surface area contributed by atoms with Gasteiger partial charge in [-0.2, -0.15) is 4.80 Å². The van der Waals surface area contributed by atoms with Gasteiger partial charge in [-0.15, -0.1) is 10.2 Å². The molecular formula is C22H25N7O. The molecule has 2 heterocycles.